The lowest BCUT2D eigenvalue weighted by Crippen LogP contribution is -2.22. The van der Waals surface area contributed by atoms with Crippen molar-refractivity contribution in [2.24, 2.45) is 11.3 Å². The van der Waals surface area contributed by atoms with Gasteiger partial charge >= 0.3 is 0 Å². The van der Waals surface area contributed by atoms with Crippen LogP contribution in [0.15, 0.2) is 0 Å². The predicted octanol–water partition coefficient (Wildman–Crippen LogP) is 0.829. The van der Waals surface area contributed by atoms with Crippen molar-refractivity contribution in [3.63, 3.8) is 0 Å². The highest BCUT2D eigenvalue weighted by Crippen LogP contribution is 2.53. The standard InChI is InChI=1S/C10H19N5/c1-8(2)10(4-5-10)7-15-9(6-11-3)12-13-14-15/h8,11H,4-7H2,1-3H3. The van der Waals surface area contributed by atoms with E-state index in [-0.39, 0.29) is 0 Å². The molecule has 0 aromatic carbocycles. The van der Waals surface area contributed by atoms with Gasteiger partial charge in [0.2, 0.25) is 0 Å². The van der Waals surface area contributed by atoms with Crippen LogP contribution in [-0.4, -0.2) is 27.3 Å². The SMILES string of the molecule is CNCc1nnnn1CC1(C(C)C)CC1. The monoisotopic (exact) mass is 209 g/mol. The molecular weight excluding hydrogens is 190 g/mol. The first-order valence-electron chi connectivity index (χ1n) is 5.57. The molecule has 1 heterocycles. The van der Waals surface area contributed by atoms with Gasteiger partial charge in [0, 0.05) is 0 Å². The second-order valence-electron chi connectivity index (χ2n) is 4.80. The maximum atomic E-state index is 4.06. The zero-order valence-electron chi connectivity index (χ0n) is 9.69. The van der Waals surface area contributed by atoms with Crippen LogP contribution in [0.5, 0.6) is 0 Å². The Kier molecular flexibility index (Phi) is 2.73. The van der Waals surface area contributed by atoms with E-state index >= 15 is 0 Å². The number of nitrogens with zero attached hydrogens (tertiary/aromatic N) is 4. The van der Waals surface area contributed by atoms with Crippen molar-refractivity contribution in [3.8, 4) is 0 Å². The molecule has 1 fully saturated rings. The molecule has 5 heteroatoms. The fourth-order valence-electron chi connectivity index (χ4n) is 2.01. The molecule has 1 aromatic rings. The molecule has 1 aliphatic carbocycles. The molecule has 0 unspecified atom stereocenters. The average Bonchev–Trinajstić information content (AvgIpc) is 2.85. The number of nitrogens with one attached hydrogen (secondary N) is 1. The van der Waals surface area contributed by atoms with E-state index < -0.39 is 0 Å². The lowest BCUT2D eigenvalue weighted by Gasteiger charge is -2.19. The third-order valence-electron chi connectivity index (χ3n) is 3.52. The minimum absolute atomic E-state index is 0.456. The van der Waals surface area contributed by atoms with Gasteiger partial charge in [-0.2, -0.15) is 0 Å². The minimum Gasteiger partial charge on any atom is -0.313 e. The van der Waals surface area contributed by atoms with Crippen LogP contribution in [0.4, 0.5) is 0 Å². The summed E-state index contributed by atoms with van der Waals surface area (Å²) in [5.41, 5.74) is 0.456. The fourth-order valence-corrected chi connectivity index (χ4v) is 2.01. The average molecular weight is 209 g/mol. The Morgan fingerprint density at radius 3 is 2.73 bits per heavy atom. The smallest absolute Gasteiger partial charge is 0.165 e. The molecular formula is C10H19N5. The van der Waals surface area contributed by atoms with E-state index in [4.69, 9.17) is 0 Å². The molecule has 1 aliphatic rings. The van der Waals surface area contributed by atoms with Crippen molar-refractivity contribution in [1.29, 1.82) is 0 Å². The first-order valence-corrected chi connectivity index (χ1v) is 5.57. The van der Waals surface area contributed by atoms with Gasteiger partial charge in [0.15, 0.2) is 5.82 Å². The number of hydrogen-bond acceptors (Lipinski definition) is 4. The molecule has 0 radical (unpaired) electrons. The summed E-state index contributed by atoms with van der Waals surface area (Å²) < 4.78 is 1.95. The quantitative estimate of drug-likeness (QED) is 0.780. The first-order chi connectivity index (χ1) is 7.18. The number of tetrazole rings is 1. The van der Waals surface area contributed by atoms with Crippen molar-refractivity contribution >= 4 is 0 Å². The molecule has 0 bridgehead atoms. The highest BCUT2D eigenvalue weighted by atomic mass is 15.5. The van der Waals surface area contributed by atoms with Crippen molar-refractivity contribution in [2.75, 3.05) is 7.05 Å². The van der Waals surface area contributed by atoms with Crippen molar-refractivity contribution in [1.82, 2.24) is 25.5 Å². The van der Waals surface area contributed by atoms with Crippen LogP contribution in [0.2, 0.25) is 0 Å². The molecule has 84 valence electrons. The maximum absolute atomic E-state index is 4.06. The van der Waals surface area contributed by atoms with E-state index in [2.05, 4.69) is 34.7 Å². The normalized spacial score (nSPS) is 18.4. The Morgan fingerprint density at radius 1 is 1.47 bits per heavy atom. The van der Waals surface area contributed by atoms with Gasteiger partial charge in [0.1, 0.15) is 0 Å². The molecule has 0 saturated heterocycles. The lowest BCUT2D eigenvalue weighted by atomic mass is 9.92. The second-order valence-corrected chi connectivity index (χ2v) is 4.80. The van der Waals surface area contributed by atoms with E-state index in [1.54, 1.807) is 0 Å². The van der Waals surface area contributed by atoms with E-state index in [1.165, 1.54) is 12.8 Å². The largest absolute Gasteiger partial charge is 0.313 e. The minimum atomic E-state index is 0.456. The van der Waals surface area contributed by atoms with Crippen molar-refractivity contribution in [3.05, 3.63) is 5.82 Å². The fraction of sp³-hybridized carbons (Fsp3) is 0.900. The Hall–Kier alpha value is -0.970. The Bertz CT molecular complexity index is 326. The molecule has 1 saturated carbocycles. The van der Waals surface area contributed by atoms with Gasteiger partial charge in [0.05, 0.1) is 13.1 Å². The zero-order chi connectivity index (χ0) is 10.9. The molecule has 5 nitrogen and oxygen atoms in total. The number of aromatic nitrogens is 4. The third-order valence-corrected chi connectivity index (χ3v) is 3.52. The maximum Gasteiger partial charge on any atom is 0.165 e. The Labute approximate surface area is 90.2 Å². The molecule has 0 atom stereocenters. The van der Waals surface area contributed by atoms with Crippen LogP contribution in [0, 0.1) is 11.3 Å². The summed E-state index contributed by atoms with van der Waals surface area (Å²) in [5.74, 6) is 1.65. The van der Waals surface area contributed by atoms with Crippen LogP contribution in [0.3, 0.4) is 0 Å². The Morgan fingerprint density at radius 2 is 2.20 bits per heavy atom. The summed E-state index contributed by atoms with van der Waals surface area (Å²) in [5, 5.41) is 14.9. The summed E-state index contributed by atoms with van der Waals surface area (Å²) in [4.78, 5) is 0. The van der Waals surface area contributed by atoms with E-state index in [0.717, 1.165) is 18.9 Å². The second kappa shape index (κ2) is 3.89. The Balaban J connectivity index is 2.07. The van der Waals surface area contributed by atoms with Gasteiger partial charge in [-0.25, -0.2) is 4.68 Å². The van der Waals surface area contributed by atoms with E-state index in [1.807, 2.05) is 11.7 Å². The molecule has 0 spiro atoms. The lowest BCUT2D eigenvalue weighted by molar-refractivity contribution is 0.287. The van der Waals surface area contributed by atoms with Crippen LogP contribution in [-0.2, 0) is 13.1 Å². The van der Waals surface area contributed by atoms with Gasteiger partial charge < -0.3 is 5.32 Å². The zero-order valence-corrected chi connectivity index (χ0v) is 9.69. The van der Waals surface area contributed by atoms with Gasteiger partial charge in [0.25, 0.3) is 0 Å². The van der Waals surface area contributed by atoms with Crippen LogP contribution in [0.1, 0.15) is 32.5 Å². The predicted molar refractivity (Wildman–Crippen MR) is 57.1 cm³/mol. The van der Waals surface area contributed by atoms with Gasteiger partial charge in [-0.15, -0.1) is 5.10 Å². The highest BCUT2D eigenvalue weighted by molar-refractivity contribution is 4.96. The van der Waals surface area contributed by atoms with Crippen LogP contribution >= 0.6 is 0 Å². The molecule has 0 aliphatic heterocycles. The summed E-state index contributed by atoms with van der Waals surface area (Å²) in [7, 11) is 1.91. The van der Waals surface area contributed by atoms with Crippen LogP contribution in [0.25, 0.3) is 0 Å². The van der Waals surface area contributed by atoms with Gasteiger partial charge in [-0.1, -0.05) is 13.8 Å². The molecule has 15 heavy (non-hydrogen) atoms. The van der Waals surface area contributed by atoms with E-state index in [9.17, 15) is 0 Å². The summed E-state index contributed by atoms with van der Waals surface area (Å²) in [6.45, 7) is 6.28. The van der Waals surface area contributed by atoms with Crippen molar-refractivity contribution < 1.29 is 0 Å². The van der Waals surface area contributed by atoms with E-state index in [0.29, 0.717) is 11.3 Å². The van der Waals surface area contributed by atoms with Crippen molar-refractivity contribution in [2.45, 2.75) is 39.8 Å². The third kappa shape index (κ3) is 2.02. The number of rotatable bonds is 5. The molecule has 1 N–H and O–H groups in total. The summed E-state index contributed by atoms with van der Waals surface area (Å²) >= 11 is 0. The van der Waals surface area contributed by atoms with Crippen LogP contribution < -0.4 is 5.32 Å². The summed E-state index contributed by atoms with van der Waals surface area (Å²) in [6.07, 6.45) is 2.62. The topological polar surface area (TPSA) is 55.6 Å². The molecule has 0 amide bonds. The first kappa shape index (κ1) is 10.5. The highest BCUT2D eigenvalue weighted by Gasteiger charge is 2.46. The van der Waals surface area contributed by atoms with Gasteiger partial charge in [-0.05, 0) is 41.6 Å². The summed E-state index contributed by atoms with van der Waals surface area (Å²) in [6, 6.07) is 0. The molecule has 2 rings (SSSR count). The number of hydrogen-bond donors (Lipinski definition) is 1. The van der Waals surface area contributed by atoms with Gasteiger partial charge in [-0.3, -0.25) is 0 Å². The molecule has 1 aromatic heterocycles.